The molecule has 0 atom stereocenters. The van der Waals surface area contributed by atoms with E-state index in [4.69, 9.17) is 0 Å². The van der Waals surface area contributed by atoms with Gasteiger partial charge in [-0.2, -0.15) is 9.90 Å². The highest BCUT2D eigenvalue weighted by Gasteiger charge is 2.10. The number of carbonyl (C=O) groups is 1. The first-order chi connectivity index (χ1) is 14.1. The highest BCUT2D eigenvalue weighted by atomic mass is 16.2. The number of pyridine rings is 1. The third-order valence-corrected chi connectivity index (χ3v) is 4.29. The first-order valence-corrected chi connectivity index (χ1v) is 9.21. The van der Waals surface area contributed by atoms with E-state index in [1.807, 2.05) is 32.0 Å². The van der Waals surface area contributed by atoms with Gasteiger partial charge in [-0.3, -0.25) is 10.3 Å². The maximum atomic E-state index is 12.1. The molecule has 0 aromatic carbocycles. The SMILES string of the molecule is CCn1nnc(CCNC(=O)Nc2cn3nc(-c4cnccc4C)ccc3n2)n1. The number of tetrazole rings is 1. The molecule has 0 saturated carbocycles. The number of urea groups is 1. The lowest BCUT2D eigenvalue weighted by Crippen LogP contribution is -2.30. The van der Waals surface area contributed by atoms with Crippen LogP contribution in [0.2, 0.25) is 0 Å². The molecule has 4 heterocycles. The van der Waals surface area contributed by atoms with Crippen molar-refractivity contribution in [3.8, 4) is 11.3 Å². The summed E-state index contributed by atoms with van der Waals surface area (Å²) in [6.45, 7) is 4.98. The monoisotopic (exact) mass is 392 g/mol. The van der Waals surface area contributed by atoms with Crippen molar-refractivity contribution in [3.05, 3.63) is 48.2 Å². The van der Waals surface area contributed by atoms with Gasteiger partial charge in [-0.15, -0.1) is 10.2 Å². The lowest BCUT2D eigenvalue weighted by Gasteiger charge is -2.04. The Kier molecular flexibility index (Phi) is 5.10. The maximum absolute atomic E-state index is 12.1. The van der Waals surface area contributed by atoms with Gasteiger partial charge >= 0.3 is 6.03 Å². The van der Waals surface area contributed by atoms with Crippen LogP contribution in [0.25, 0.3) is 16.9 Å². The van der Waals surface area contributed by atoms with Crippen molar-refractivity contribution in [2.45, 2.75) is 26.8 Å². The van der Waals surface area contributed by atoms with Gasteiger partial charge in [0.25, 0.3) is 0 Å². The van der Waals surface area contributed by atoms with Crippen molar-refractivity contribution in [3.63, 3.8) is 0 Å². The Labute approximate surface area is 166 Å². The number of anilines is 1. The molecule has 11 heteroatoms. The summed E-state index contributed by atoms with van der Waals surface area (Å²) in [5.74, 6) is 0.993. The van der Waals surface area contributed by atoms with Crippen LogP contribution < -0.4 is 10.6 Å². The smallest absolute Gasteiger partial charge is 0.320 e. The van der Waals surface area contributed by atoms with E-state index in [0.717, 1.165) is 16.8 Å². The lowest BCUT2D eigenvalue weighted by molar-refractivity contribution is 0.252. The third-order valence-electron chi connectivity index (χ3n) is 4.29. The van der Waals surface area contributed by atoms with Crippen LogP contribution in [-0.2, 0) is 13.0 Å². The van der Waals surface area contributed by atoms with E-state index >= 15 is 0 Å². The quantitative estimate of drug-likeness (QED) is 0.508. The van der Waals surface area contributed by atoms with Crippen LogP contribution in [0.3, 0.4) is 0 Å². The molecular formula is C18H20N10O. The minimum Gasteiger partial charge on any atom is -0.337 e. The third kappa shape index (κ3) is 4.18. The van der Waals surface area contributed by atoms with Gasteiger partial charge in [-0.05, 0) is 42.8 Å². The molecule has 4 aromatic rings. The largest absolute Gasteiger partial charge is 0.337 e. The summed E-state index contributed by atoms with van der Waals surface area (Å²) in [4.78, 5) is 22.1. The van der Waals surface area contributed by atoms with E-state index in [1.165, 1.54) is 4.80 Å². The zero-order valence-corrected chi connectivity index (χ0v) is 16.1. The second-order valence-corrected chi connectivity index (χ2v) is 6.36. The van der Waals surface area contributed by atoms with Crippen molar-refractivity contribution >= 4 is 17.5 Å². The molecule has 0 aliphatic heterocycles. The van der Waals surface area contributed by atoms with Gasteiger partial charge in [-0.1, -0.05) is 0 Å². The van der Waals surface area contributed by atoms with Crippen LogP contribution >= 0.6 is 0 Å². The van der Waals surface area contributed by atoms with Crippen LogP contribution in [0, 0.1) is 6.92 Å². The average Bonchev–Trinajstić information content (AvgIpc) is 3.33. The Bertz CT molecular complexity index is 1150. The number of nitrogens with one attached hydrogen (secondary N) is 2. The molecule has 0 radical (unpaired) electrons. The van der Waals surface area contributed by atoms with Crippen LogP contribution in [0.15, 0.2) is 36.8 Å². The molecular weight excluding hydrogens is 372 g/mol. The van der Waals surface area contributed by atoms with Crippen molar-refractivity contribution in [1.29, 1.82) is 0 Å². The van der Waals surface area contributed by atoms with Crippen molar-refractivity contribution in [2.75, 3.05) is 11.9 Å². The number of imidazole rings is 1. The summed E-state index contributed by atoms with van der Waals surface area (Å²) in [5, 5.41) is 22.0. The molecule has 11 nitrogen and oxygen atoms in total. The van der Waals surface area contributed by atoms with E-state index in [2.05, 4.69) is 41.1 Å². The second-order valence-electron chi connectivity index (χ2n) is 6.36. The van der Waals surface area contributed by atoms with Gasteiger partial charge in [0.15, 0.2) is 17.3 Å². The minimum absolute atomic E-state index is 0.361. The van der Waals surface area contributed by atoms with E-state index < -0.39 is 0 Å². The molecule has 0 aliphatic carbocycles. The van der Waals surface area contributed by atoms with E-state index in [0.29, 0.717) is 36.8 Å². The zero-order chi connectivity index (χ0) is 20.2. The molecule has 2 amide bonds. The molecule has 0 spiro atoms. The Balaban J connectivity index is 1.39. The normalized spacial score (nSPS) is 11.0. The summed E-state index contributed by atoms with van der Waals surface area (Å²) in [6.07, 6.45) is 5.69. The zero-order valence-electron chi connectivity index (χ0n) is 16.1. The molecule has 0 saturated heterocycles. The van der Waals surface area contributed by atoms with Gasteiger partial charge in [0.2, 0.25) is 0 Å². The number of aromatic nitrogens is 8. The standard InChI is InChI=1S/C18H20N10O/c1-3-28-25-15(23-26-28)7-9-20-18(29)22-16-11-27-17(21-16)5-4-14(24-27)13-10-19-8-6-12(13)2/h4-6,8,10-11H,3,7,9H2,1-2H3,(H2,20,22,29). The highest BCUT2D eigenvalue weighted by molar-refractivity contribution is 5.88. The molecule has 0 unspecified atom stereocenters. The van der Waals surface area contributed by atoms with Crippen molar-refractivity contribution in [2.24, 2.45) is 0 Å². The van der Waals surface area contributed by atoms with Crippen LogP contribution in [0.5, 0.6) is 0 Å². The van der Waals surface area contributed by atoms with Gasteiger partial charge in [0.1, 0.15) is 0 Å². The van der Waals surface area contributed by atoms with Gasteiger partial charge in [-0.25, -0.2) is 14.3 Å². The van der Waals surface area contributed by atoms with Gasteiger partial charge in [0, 0.05) is 30.9 Å². The number of nitrogens with zero attached hydrogens (tertiary/aromatic N) is 8. The summed E-state index contributed by atoms with van der Waals surface area (Å²) in [5.41, 5.74) is 3.44. The number of fused-ring (bicyclic) bond motifs is 1. The average molecular weight is 392 g/mol. The van der Waals surface area contributed by atoms with Crippen molar-refractivity contribution < 1.29 is 4.79 Å². The number of carbonyl (C=O) groups excluding carboxylic acids is 1. The molecule has 4 rings (SSSR count). The molecule has 0 bridgehead atoms. The fourth-order valence-corrected chi connectivity index (χ4v) is 2.78. The Morgan fingerprint density at radius 3 is 2.90 bits per heavy atom. The van der Waals surface area contributed by atoms with Crippen LogP contribution in [0.1, 0.15) is 18.3 Å². The predicted octanol–water partition coefficient (Wildman–Crippen LogP) is 1.47. The minimum atomic E-state index is -0.361. The topological polar surface area (TPSA) is 128 Å². The van der Waals surface area contributed by atoms with E-state index in [9.17, 15) is 4.79 Å². The maximum Gasteiger partial charge on any atom is 0.320 e. The molecule has 4 aromatic heterocycles. The number of aryl methyl sites for hydroxylation is 2. The fourth-order valence-electron chi connectivity index (χ4n) is 2.78. The van der Waals surface area contributed by atoms with Gasteiger partial charge in [0.05, 0.1) is 18.4 Å². The first-order valence-electron chi connectivity index (χ1n) is 9.21. The molecule has 29 heavy (non-hydrogen) atoms. The molecule has 0 fully saturated rings. The van der Waals surface area contributed by atoms with E-state index in [-0.39, 0.29) is 6.03 Å². The van der Waals surface area contributed by atoms with Crippen LogP contribution in [-0.4, -0.2) is 52.4 Å². The Morgan fingerprint density at radius 1 is 1.21 bits per heavy atom. The van der Waals surface area contributed by atoms with Crippen molar-refractivity contribution in [1.82, 2.24) is 45.1 Å². The summed E-state index contributed by atoms with van der Waals surface area (Å²) in [7, 11) is 0. The highest BCUT2D eigenvalue weighted by Crippen LogP contribution is 2.20. The number of rotatable bonds is 6. The van der Waals surface area contributed by atoms with Gasteiger partial charge < -0.3 is 5.32 Å². The molecule has 148 valence electrons. The fraction of sp³-hybridized carbons (Fsp3) is 0.278. The second kappa shape index (κ2) is 8.00. The number of hydrogen-bond acceptors (Lipinski definition) is 7. The number of hydrogen-bond donors (Lipinski definition) is 2. The molecule has 0 aliphatic rings. The Hall–Kier alpha value is -3.89. The summed E-state index contributed by atoms with van der Waals surface area (Å²) < 4.78 is 1.63. The lowest BCUT2D eigenvalue weighted by atomic mass is 10.1. The predicted molar refractivity (Wildman–Crippen MR) is 105 cm³/mol. The number of amides is 2. The van der Waals surface area contributed by atoms with Crippen LogP contribution in [0.4, 0.5) is 10.6 Å². The molecule has 2 N–H and O–H groups in total. The van der Waals surface area contributed by atoms with E-state index in [1.54, 1.807) is 23.1 Å². The summed E-state index contributed by atoms with van der Waals surface area (Å²) >= 11 is 0. The Morgan fingerprint density at radius 2 is 2.10 bits per heavy atom. The first kappa shape index (κ1) is 18.5. The summed E-state index contributed by atoms with van der Waals surface area (Å²) in [6, 6.07) is 5.30.